The Balaban J connectivity index is 1.37. The van der Waals surface area contributed by atoms with Crippen molar-refractivity contribution in [2.24, 2.45) is 4.99 Å². The van der Waals surface area contributed by atoms with Crippen molar-refractivity contribution in [2.45, 2.75) is 61.9 Å². The average Bonchev–Trinajstić information content (AvgIpc) is 3.35. The van der Waals surface area contributed by atoms with E-state index in [9.17, 15) is 13.2 Å². The minimum atomic E-state index is -3.88. The van der Waals surface area contributed by atoms with Crippen molar-refractivity contribution in [1.29, 1.82) is 0 Å². The zero-order valence-corrected chi connectivity index (χ0v) is 20.8. The second kappa shape index (κ2) is 9.89. The van der Waals surface area contributed by atoms with E-state index in [4.69, 9.17) is 4.74 Å². The van der Waals surface area contributed by atoms with Crippen LogP contribution in [0.25, 0.3) is 0 Å². The van der Waals surface area contributed by atoms with Gasteiger partial charge in [0.05, 0.1) is 24.6 Å². The van der Waals surface area contributed by atoms with Gasteiger partial charge in [0.15, 0.2) is 0 Å². The number of nitrogens with one attached hydrogen (secondary N) is 1. The predicted octanol–water partition coefficient (Wildman–Crippen LogP) is 4.23. The number of urea groups is 1. The summed E-state index contributed by atoms with van der Waals surface area (Å²) in [7, 11) is -2.44. The lowest BCUT2D eigenvalue weighted by atomic mass is 9.95. The number of nitrogens with zero attached hydrogens (tertiary/aromatic N) is 3. The molecule has 0 saturated heterocycles. The van der Waals surface area contributed by atoms with Gasteiger partial charge in [-0.25, -0.2) is 22.5 Å². The summed E-state index contributed by atoms with van der Waals surface area (Å²) in [6.45, 7) is 0.811. The molecule has 186 valence electrons. The topological polar surface area (TPSA) is 91.3 Å². The van der Waals surface area contributed by atoms with Crippen LogP contribution >= 0.6 is 0 Å². The highest BCUT2D eigenvalue weighted by molar-refractivity contribution is 7.89. The van der Waals surface area contributed by atoms with E-state index in [0.717, 1.165) is 55.3 Å². The molecule has 2 heterocycles. The summed E-state index contributed by atoms with van der Waals surface area (Å²) in [4.78, 5) is 19.5. The van der Waals surface area contributed by atoms with E-state index in [1.807, 2.05) is 30.3 Å². The van der Waals surface area contributed by atoms with Gasteiger partial charge in [-0.05, 0) is 55.0 Å². The summed E-state index contributed by atoms with van der Waals surface area (Å²) < 4.78 is 33.8. The van der Waals surface area contributed by atoms with E-state index in [1.54, 1.807) is 23.1 Å². The van der Waals surface area contributed by atoms with Crippen molar-refractivity contribution >= 4 is 27.8 Å². The monoisotopic (exact) mass is 496 g/mol. The molecule has 3 aliphatic rings. The van der Waals surface area contributed by atoms with Gasteiger partial charge in [0.2, 0.25) is 0 Å². The second-order valence-electron chi connectivity index (χ2n) is 9.41. The molecule has 1 unspecified atom stereocenters. The molecular weight excluding hydrogens is 464 g/mol. The Morgan fingerprint density at radius 2 is 1.83 bits per heavy atom. The molecule has 1 fully saturated rings. The van der Waals surface area contributed by atoms with Crippen LogP contribution in [0.3, 0.4) is 0 Å². The van der Waals surface area contributed by atoms with Gasteiger partial charge in [0, 0.05) is 18.3 Å². The van der Waals surface area contributed by atoms with E-state index in [0.29, 0.717) is 6.54 Å². The van der Waals surface area contributed by atoms with Crippen molar-refractivity contribution < 1.29 is 17.9 Å². The standard InChI is InChI=1S/C26H32N4O4S/c1-34-26-28-23(19-9-4-2-5-10-19)18-30(26)35(32,33)22-14-15-24-20(17-22)11-8-16-29(24)25(31)27-21-12-6-3-7-13-21/h2,4-5,9-10,14-15,17,21,23H,3,6-8,11-13,16,18H2,1H3,(H,27,31). The van der Waals surface area contributed by atoms with E-state index < -0.39 is 10.0 Å². The molecule has 1 atom stereocenters. The number of carbonyl (C=O) groups excluding carboxylic acids is 1. The molecule has 35 heavy (non-hydrogen) atoms. The van der Waals surface area contributed by atoms with Crippen LogP contribution in [0.15, 0.2) is 58.4 Å². The lowest BCUT2D eigenvalue weighted by Gasteiger charge is -2.32. The Morgan fingerprint density at radius 1 is 1.06 bits per heavy atom. The Hall–Kier alpha value is -3.07. The molecule has 0 radical (unpaired) electrons. The Kier molecular flexibility index (Phi) is 6.69. The lowest BCUT2D eigenvalue weighted by Crippen LogP contribution is -2.47. The number of sulfonamides is 1. The van der Waals surface area contributed by atoms with Crippen LogP contribution in [0.4, 0.5) is 10.5 Å². The van der Waals surface area contributed by atoms with Crippen molar-refractivity contribution in [1.82, 2.24) is 9.62 Å². The van der Waals surface area contributed by atoms with E-state index in [1.165, 1.54) is 17.8 Å². The molecule has 2 aromatic carbocycles. The van der Waals surface area contributed by atoms with Crippen LogP contribution in [0.2, 0.25) is 0 Å². The van der Waals surface area contributed by atoms with E-state index in [2.05, 4.69) is 10.3 Å². The molecule has 1 saturated carbocycles. The Bertz CT molecular complexity index is 1210. The molecular formula is C26H32N4O4S. The molecule has 1 aliphatic carbocycles. The third-order valence-corrected chi connectivity index (χ3v) is 8.86. The molecule has 5 rings (SSSR count). The number of hydrogen-bond acceptors (Lipinski definition) is 5. The van der Waals surface area contributed by atoms with Gasteiger partial charge in [-0.3, -0.25) is 4.90 Å². The first-order chi connectivity index (χ1) is 17.0. The minimum absolute atomic E-state index is 0.0880. The van der Waals surface area contributed by atoms with Crippen LogP contribution in [0.5, 0.6) is 0 Å². The number of aryl methyl sites for hydroxylation is 1. The molecule has 8 nitrogen and oxygen atoms in total. The van der Waals surface area contributed by atoms with E-state index >= 15 is 0 Å². The highest BCUT2D eigenvalue weighted by atomic mass is 32.2. The highest BCUT2D eigenvalue weighted by Gasteiger charge is 2.37. The van der Waals surface area contributed by atoms with Gasteiger partial charge in [0.1, 0.15) is 0 Å². The second-order valence-corrected chi connectivity index (χ2v) is 11.3. The van der Waals surface area contributed by atoms with Crippen LogP contribution in [-0.2, 0) is 21.2 Å². The summed E-state index contributed by atoms with van der Waals surface area (Å²) in [5.74, 6) is 0. The third kappa shape index (κ3) is 4.74. The quantitative estimate of drug-likeness (QED) is 0.686. The van der Waals surface area contributed by atoms with Gasteiger partial charge < -0.3 is 10.1 Å². The van der Waals surface area contributed by atoms with Crippen LogP contribution < -0.4 is 10.2 Å². The van der Waals surface area contributed by atoms with Gasteiger partial charge in [0.25, 0.3) is 10.0 Å². The SMILES string of the molecule is COC1=NC(c2ccccc2)CN1S(=O)(=O)c1ccc2c(c1)CCCN2C(=O)NC1CCCCC1. The first-order valence-electron chi connectivity index (χ1n) is 12.4. The van der Waals surface area contributed by atoms with Gasteiger partial charge in [-0.1, -0.05) is 49.6 Å². The fourth-order valence-electron chi connectivity index (χ4n) is 5.26. The molecule has 1 N–H and O–H groups in total. The van der Waals surface area contributed by atoms with E-state index in [-0.39, 0.29) is 35.6 Å². The molecule has 0 bridgehead atoms. The van der Waals surface area contributed by atoms with Crippen molar-refractivity contribution in [2.75, 3.05) is 25.1 Å². The van der Waals surface area contributed by atoms with Crippen molar-refractivity contribution in [3.63, 3.8) is 0 Å². The van der Waals surface area contributed by atoms with Crippen molar-refractivity contribution in [3.05, 3.63) is 59.7 Å². The molecule has 9 heteroatoms. The number of carbonyl (C=O) groups is 1. The van der Waals surface area contributed by atoms with Crippen LogP contribution in [-0.4, -0.2) is 51.0 Å². The number of fused-ring (bicyclic) bond motifs is 1. The maximum atomic E-state index is 13.6. The highest BCUT2D eigenvalue weighted by Crippen LogP contribution is 2.34. The van der Waals surface area contributed by atoms with Crippen LogP contribution in [0.1, 0.15) is 55.7 Å². The number of anilines is 1. The maximum Gasteiger partial charge on any atom is 0.322 e. The predicted molar refractivity (Wildman–Crippen MR) is 135 cm³/mol. The summed E-state index contributed by atoms with van der Waals surface area (Å²) >= 11 is 0. The number of methoxy groups -OCH3 is 1. The fourth-order valence-corrected chi connectivity index (χ4v) is 6.71. The minimum Gasteiger partial charge on any atom is -0.468 e. The number of aliphatic imine (C=N–C) groups is 1. The Labute approximate surface area is 207 Å². The largest absolute Gasteiger partial charge is 0.468 e. The Morgan fingerprint density at radius 3 is 2.57 bits per heavy atom. The molecule has 2 amide bonds. The summed E-state index contributed by atoms with van der Waals surface area (Å²) in [6, 6.07) is 14.6. The van der Waals surface area contributed by atoms with Crippen molar-refractivity contribution in [3.8, 4) is 0 Å². The lowest BCUT2D eigenvalue weighted by molar-refractivity contribution is 0.237. The van der Waals surface area contributed by atoms with Gasteiger partial charge in [-0.2, -0.15) is 0 Å². The molecule has 2 aromatic rings. The zero-order chi connectivity index (χ0) is 24.4. The van der Waals surface area contributed by atoms with Gasteiger partial charge in [-0.15, -0.1) is 0 Å². The number of benzene rings is 2. The summed E-state index contributed by atoms with van der Waals surface area (Å²) in [5.41, 5.74) is 2.59. The molecule has 2 aliphatic heterocycles. The summed E-state index contributed by atoms with van der Waals surface area (Å²) in [5, 5.41) is 3.18. The number of rotatable bonds is 4. The molecule has 0 aromatic heterocycles. The number of amides is 2. The first-order valence-corrected chi connectivity index (χ1v) is 13.8. The fraction of sp³-hybridized carbons (Fsp3) is 0.462. The first kappa shape index (κ1) is 23.7. The third-order valence-electron chi connectivity index (χ3n) is 7.12. The average molecular weight is 497 g/mol. The van der Waals surface area contributed by atoms with Crippen LogP contribution in [0, 0.1) is 0 Å². The maximum absolute atomic E-state index is 13.6. The normalized spacial score (nSPS) is 20.8. The summed E-state index contributed by atoms with van der Waals surface area (Å²) in [6.07, 6.45) is 7.09. The van der Waals surface area contributed by atoms with Gasteiger partial charge >= 0.3 is 12.1 Å². The number of amidine groups is 1. The number of hydrogen-bond donors (Lipinski definition) is 1. The smallest absolute Gasteiger partial charge is 0.322 e. The molecule has 0 spiro atoms. The number of ether oxygens (including phenoxy) is 1. The zero-order valence-electron chi connectivity index (χ0n) is 20.0.